The molecule has 0 aliphatic heterocycles. The molecule has 6 heteroatoms. The molecule has 1 aromatic heterocycles. The van der Waals surface area contributed by atoms with Crippen LogP contribution in [0.5, 0.6) is 0 Å². The molecule has 0 bridgehead atoms. The molecule has 6 nitrogen and oxygen atoms in total. The number of aliphatic hydroxyl groups is 1. The molecule has 2 aromatic rings. The average molecular weight is 343 g/mol. The van der Waals surface area contributed by atoms with E-state index in [1.165, 1.54) is 4.68 Å². The largest absolute Gasteiger partial charge is 0.396 e. The first-order valence-corrected chi connectivity index (χ1v) is 8.99. The molecule has 0 saturated heterocycles. The molecule has 1 aliphatic carbocycles. The first-order chi connectivity index (χ1) is 12.1. The molecular formula is C19H25N3O3. The third-order valence-corrected chi connectivity index (χ3v) is 4.97. The SMILES string of the molecule is CCCCCn1nc(C(=O)NCC2(CO)CC2)c2ccccc2c1=O. The standard InChI is InChI=1S/C19H25N3O3/c1-2-3-6-11-22-18(25)15-8-5-4-7-14(15)16(21-22)17(24)20-12-19(13-23)9-10-19/h4-5,7-8,23H,2-3,6,9-13H2,1H3,(H,20,24). The van der Waals surface area contributed by atoms with Crippen LogP contribution in [-0.4, -0.2) is 33.9 Å². The van der Waals surface area contributed by atoms with Crippen molar-refractivity contribution < 1.29 is 9.90 Å². The van der Waals surface area contributed by atoms with Crippen LogP contribution in [0.25, 0.3) is 10.8 Å². The number of aromatic nitrogens is 2. The second kappa shape index (κ2) is 7.35. The molecule has 1 fully saturated rings. The summed E-state index contributed by atoms with van der Waals surface area (Å²) in [5.74, 6) is -0.292. The van der Waals surface area contributed by atoms with Crippen molar-refractivity contribution >= 4 is 16.7 Å². The summed E-state index contributed by atoms with van der Waals surface area (Å²) >= 11 is 0. The minimum atomic E-state index is -0.292. The number of aliphatic hydroxyl groups excluding tert-OH is 1. The van der Waals surface area contributed by atoms with Gasteiger partial charge < -0.3 is 10.4 Å². The minimum absolute atomic E-state index is 0.0813. The van der Waals surface area contributed by atoms with Gasteiger partial charge in [0.25, 0.3) is 11.5 Å². The third-order valence-electron chi connectivity index (χ3n) is 4.97. The smallest absolute Gasteiger partial charge is 0.274 e. The van der Waals surface area contributed by atoms with Gasteiger partial charge in [-0.05, 0) is 25.3 Å². The molecule has 1 amide bonds. The minimum Gasteiger partial charge on any atom is -0.396 e. The zero-order valence-electron chi connectivity index (χ0n) is 14.6. The number of benzene rings is 1. The average Bonchev–Trinajstić information content (AvgIpc) is 3.42. The zero-order chi connectivity index (χ0) is 17.9. The molecular weight excluding hydrogens is 318 g/mol. The maximum Gasteiger partial charge on any atom is 0.274 e. The summed E-state index contributed by atoms with van der Waals surface area (Å²) in [6.07, 6.45) is 4.78. The third kappa shape index (κ3) is 3.74. The summed E-state index contributed by atoms with van der Waals surface area (Å²) in [6.45, 7) is 3.13. The predicted octanol–water partition coefficient (Wildman–Crippen LogP) is 2.09. The van der Waals surface area contributed by atoms with Crippen molar-refractivity contribution in [2.45, 2.75) is 45.6 Å². The molecule has 1 heterocycles. The van der Waals surface area contributed by atoms with Crippen LogP contribution in [0.2, 0.25) is 0 Å². The van der Waals surface area contributed by atoms with Gasteiger partial charge in [0, 0.05) is 23.9 Å². The highest BCUT2D eigenvalue weighted by molar-refractivity contribution is 6.04. The monoisotopic (exact) mass is 343 g/mol. The van der Waals surface area contributed by atoms with Gasteiger partial charge in [-0.3, -0.25) is 9.59 Å². The van der Waals surface area contributed by atoms with Crippen LogP contribution < -0.4 is 10.9 Å². The first kappa shape index (κ1) is 17.6. The van der Waals surface area contributed by atoms with Crippen LogP contribution in [-0.2, 0) is 6.54 Å². The van der Waals surface area contributed by atoms with E-state index in [0.29, 0.717) is 23.9 Å². The first-order valence-electron chi connectivity index (χ1n) is 8.99. The van der Waals surface area contributed by atoms with Crippen LogP contribution in [0.3, 0.4) is 0 Å². The van der Waals surface area contributed by atoms with E-state index in [1.54, 1.807) is 24.3 Å². The molecule has 0 spiro atoms. The maximum atomic E-state index is 12.7. The van der Waals surface area contributed by atoms with Gasteiger partial charge in [0.1, 0.15) is 0 Å². The van der Waals surface area contributed by atoms with E-state index < -0.39 is 0 Å². The van der Waals surface area contributed by atoms with Crippen LogP contribution in [0.1, 0.15) is 49.5 Å². The molecule has 0 atom stereocenters. The normalized spacial score (nSPS) is 15.3. The number of hydrogen-bond acceptors (Lipinski definition) is 4. The van der Waals surface area contributed by atoms with Gasteiger partial charge in [-0.25, -0.2) is 4.68 Å². The molecule has 2 N–H and O–H groups in total. The summed E-state index contributed by atoms with van der Waals surface area (Å²) in [6, 6.07) is 7.10. The lowest BCUT2D eigenvalue weighted by Gasteiger charge is -2.14. The highest BCUT2D eigenvalue weighted by Crippen LogP contribution is 2.44. The Morgan fingerprint density at radius 3 is 2.64 bits per heavy atom. The van der Waals surface area contributed by atoms with Crippen molar-refractivity contribution in [2.75, 3.05) is 13.2 Å². The quantitative estimate of drug-likeness (QED) is 0.719. The summed E-state index contributed by atoms with van der Waals surface area (Å²) in [5.41, 5.74) is -0.0428. The van der Waals surface area contributed by atoms with E-state index in [9.17, 15) is 14.7 Å². The summed E-state index contributed by atoms with van der Waals surface area (Å²) < 4.78 is 1.41. The number of aryl methyl sites for hydroxylation is 1. The number of carbonyl (C=O) groups excluding carboxylic acids is 1. The van der Waals surface area contributed by atoms with Gasteiger partial charge in [-0.1, -0.05) is 38.0 Å². The van der Waals surface area contributed by atoms with Crippen molar-refractivity contribution in [1.29, 1.82) is 0 Å². The number of carbonyl (C=O) groups is 1. The van der Waals surface area contributed by atoms with Gasteiger partial charge >= 0.3 is 0 Å². The molecule has 1 saturated carbocycles. The molecule has 134 valence electrons. The van der Waals surface area contributed by atoms with E-state index in [0.717, 1.165) is 32.1 Å². The van der Waals surface area contributed by atoms with Crippen molar-refractivity contribution in [3.05, 3.63) is 40.3 Å². The second-order valence-electron chi connectivity index (χ2n) is 6.97. The highest BCUT2D eigenvalue weighted by atomic mass is 16.3. The summed E-state index contributed by atoms with van der Waals surface area (Å²) in [4.78, 5) is 25.3. The second-order valence-corrected chi connectivity index (χ2v) is 6.97. The number of amides is 1. The Morgan fingerprint density at radius 2 is 2.00 bits per heavy atom. The Hall–Kier alpha value is -2.21. The number of nitrogens with zero attached hydrogens (tertiary/aromatic N) is 2. The Kier molecular flexibility index (Phi) is 5.18. The van der Waals surface area contributed by atoms with E-state index in [1.807, 2.05) is 0 Å². The summed E-state index contributed by atoms with van der Waals surface area (Å²) in [5, 5.41) is 17.7. The van der Waals surface area contributed by atoms with Crippen LogP contribution >= 0.6 is 0 Å². The van der Waals surface area contributed by atoms with Crippen LogP contribution in [0.4, 0.5) is 0 Å². The fourth-order valence-corrected chi connectivity index (χ4v) is 2.99. The van der Waals surface area contributed by atoms with Crippen LogP contribution in [0.15, 0.2) is 29.1 Å². The lowest BCUT2D eigenvalue weighted by Crippen LogP contribution is -2.34. The fourth-order valence-electron chi connectivity index (χ4n) is 2.99. The van der Waals surface area contributed by atoms with E-state index in [-0.39, 0.29) is 29.2 Å². The fraction of sp³-hybridized carbons (Fsp3) is 0.526. The van der Waals surface area contributed by atoms with E-state index >= 15 is 0 Å². The van der Waals surface area contributed by atoms with Crippen molar-refractivity contribution in [2.24, 2.45) is 5.41 Å². The Labute approximate surface area is 146 Å². The van der Waals surface area contributed by atoms with Gasteiger partial charge in [0.15, 0.2) is 5.69 Å². The highest BCUT2D eigenvalue weighted by Gasteiger charge is 2.42. The van der Waals surface area contributed by atoms with Gasteiger partial charge in [0.2, 0.25) is 0 Å². The Balaban J connectivity index is 1.90. The van der Waals surface area contributed by atoms with Gasteiger partial charge in [0.05, 0.1) is 12.0 Å². The lowest BCUT2D eigenvalue weighted by atomic mass is 10.1. The number of hydrogen-bond donors (Lipinski definition) is 2. The molecule has 3 rings (SSSR count). The van der Waals surface area contributed by atoms with Crippen molar-refractivity contribution in [1.82, 2.24) is 15.1 Å². The lowest BCUT2D eigenvalue weighted by molar-refractivity contribution is 0.0929. The molecule has 0 radical (unpaired) electrons. The number of unbranched alkanes of at least 4 members (excludes halogenated alkanes) is 2. The Bertz CT molecular complexity index is 824. The Morgan fingerprint density at radius 1 is 1.28 bits per heavy atom. The zero-order valence-corrected chi connectivity index (χ0v) is 14.6. The molecule has 0 unspecified atom stereocenters. The molecule has 25 heavy (non-hydrogen) atoms. The molecule has 1 aliphatic rings. The molecule has 1 aromatic carbocycles. The summed E-state index contributed by atoms with van der Waals surface area (Å²) in [7, 11) is 0. The number of nitrogens with one attached hydrogen (secondary N) is 1. The van der Waals surface area contributed by atoms with E-state index in [2.05, 4.69) is 17.3 Å². The van der Waals surface area contributed by atoms with Gasteiger partial charge in [-0.15, -0.1) is 0 Å². The van der Waals surface area contributed by atoms with Crippen molar-refractivity contribution in [3.63, 3.8) is 0 Å². The topological polar surface area (TPSA) is 84.2 Å². The van der Waals surface area contributed by atoms with Gasteiger partial charge in [-0.2, -0.15) is 5.10 Å². The predicted molar refractivity (Wildman–Crippen MR) is 96.6 cm³/mol. The maximum absolute atomic E-state index is 12.7. The van der Waals surface area contributed by atoms with E-state index in [4.69, 9.17) is 0 Å². The number of rotatable bonds is 8. The number of fused-ring (bicyclic) bond motifs is 1. The van der Waals surface area contributed by atoms with Crippen molar-refractivity contribution in [3.8, 4) is 0 Å². The van der Waals surface area contributed by atoms with Crippen LogP contribution in [0, 0.1) is 5.41 Å².